The Bertz CT molecular complexity index is 1060. The molecule has 0 aliphatic rings. The molecule has 1 heterocycles. The molecular weight excluding hydrogens is 374 g/mol. The maximum Gasteiger partial charge on any atom is 0.356 e. The summed E-state index contributed by atoms with van der Waals surface area (Å²) in [6.45, 7) is 4.29. The third kappa shape index (κ3) is 4.60. The minimum absolute atomic E-state index is 0.329. The van der Waals surface area contributed by atoms with Gasteiger partial charge in [-0.2, -0.15) is 10.4 Å². The molecule has 0 amide bonds. The van der Waals surface area contributed by atoms with E-state index in [0.29, 0.717) is 24.3 Å². The molecule has 0 saturated carbocycles. The average molecular weight is 402 g/mol. The molecule has 0 radical (unpaired) electrons. The molecule has 0 atom stereocenters. The molecule has 2 aromatic carbocycles. The normalized spacial score (nSPS) is 10.6. The summed E-state index contributed by atoms with van der Waals surface area (Å²) in [5, 5.41) is 14.0. The molecule has 3 rings (SSSR count). The fraction of sp³-hybridized carbons (Fsp3) is 0.320. The van der Waals surface area contributed by atoms with Crippen LogP contribution in [-0.4, -0.2) is 22.4 Å². The van der Waals surface area contributed by atoms with Crippen LogP contribution < -0.4 is 0 Å². The molecule has 154 valence electrons. The van der Waals surface area contributed by atoms with Crippen LogP contribution in [0.25, 0.3) is 11.1 Å². The van der Waals surface area contributed by atoms with E-state index in [1.807, 2.05) is 43.3 Å². The number of esters is 1. The third-order valence-electron chi connectivity index (χ3n) is 5.16. The van der Waals surface area contributed by atoms with E-state index in [0.717, 1.165) is 47.2 Å². The summed E-state index contributed by atoms with van der Waals surface area (Å²) in [6, 6.07) is 18.0. The van der Waals surface area contributed by atoms with Crippen molar-refractivity contribution in [1.82, 2.24) is 9.78 Å². The van der Waals surface area contributed by atoms with Gasteiger partial charge in [0.05, 0.1) is 23.9 Å². The first-order valence-electron chi connectivity index (χ1n) is 10.4. The minimum atomic E-state index is -0.329. The lowest BCUT2D eigenvalue weighted by molar-refractivity contribution is 0.0512. The molecule has 3 aromatic rings. The highest BCUT2D eigenvalue weighted by Crippen LogP contribution is 2.26. The van der Waals surface area contributed by atoms with Crippen LogP contribution >= 0.6 is 0 Å². The molecule has 0 aliphatic heterocycles. The van der Waals surface area contributed by atoms with Crippen molar-refractivity contribution in [2.75, 3.05) is 6.61 Å². The number of unbranched alkanes of at least 4 members (excludes halogenated alkanes) is 1. The van der Waals surface area contributed by atoms with Gasteiger partial charge in [-0.15, -0.1) is 0 Å². The van der Waals surface area contributed by atoms with E-state index in [9.17, 15) is 10.1 Å². The van der Waals surface area contributed by atoms with Gasteiger partial charge in [-0.25, -0.2) is 4.79 Å². The van der Waals surface area contributed by atoms with Crippen molar-refractivity contribution in [2.45, 2.75) is 39.5 Å². The van der Waals surface area contributed by atoms with Gasteiger partial charge in [-0.1, -0.05) is 55.8 Å². The molecule has 5 heteroatoms. The van der Waals surface area contributed by atoms with Gasteiger partial charge in [0.2, 0.25) is 0 Å². The van der Waals surface area contributed by atoms with Gasteiger partial charge in [0.25, 0.3) is 0 Å². The number of hydrogen-bond donors (Lipinski definition) is 0. The van der Waals surface area contributed by atoms with Gasteiger partial charge in [0, 0.05) is 19.0 Å². The summed E-state index contributed by atoms with van der Waals surface area (Å²) in [6.07, 6.45) is 3.54. The van der Waals surface area contributed by atoms with E-state index in [1.165, 1.54) is 0 Å². The van der Waals surface area contributed by atoms with Crippen LogP contribution in [0.4, 0.5) is 0 Å². The van der Waals surface area contributed by atoms with Crippen LogP contribution in [0, 0.1) is 11.3 Å². The third-order valence-corrected chi connectivity index (χ3v) is 5.16. The number of benzene rings is 2. The lowest BCUT2D eigenvalue weighted by Crippen LogP contribution is -2.13. The Morgan fingerprint density at radius 3 is 2.53 bits per heavy atom. The Morgan fingerprint density at radius 2 is 1.87 bits per heavy atom. The highest BCUT2D eigenvalue weighted by molar-refractivity contribution is 5.89. The van der Waals surface area contributed by atoms with Gasteiger partial charge in [0.1, 0.15) is 5.69 Å². The fourth-order valence-corrected chi connectivity index (χ4v) is 3.65. The number of rotatable bonds is 8. The van der Waals surface area contributed by atoms with Gasteiger partial charge < -0.3 is 4.74 Å². The van der Waals surface area contributed by atoms with Gasteiger partial charge in [0.15, 0.2) is 0 Å². The maximum atomic E-state index is 12.6. The second-order valence-corrected chi connectivity index (χ2v) is 7.25. The van der Waals surface area contributed by atoms with Crippen molar-refractivity contribution in [3.05, 3.63) is 76.6 Å². The SMILES string of the molecule is CCCCc1nn(C)c(C(=O)OCC)c1Cc1ccc(-c2ccccc2C#N)cc1. The van der Waals surface area contributed by atoms with Crippen LogP contribution in [0.1, 0.15) is 59.6 Å². The van der Waals surface area contributed by atoms with Gasteiger partial charge >= 0.3 is 5.97 Å². The van der Waals surface area contributed by atoms with E-state index in [1.54, 1.807) is 11.7 Å². The smallest absolute Gasteiger partial charge is 0.356 e. The molecular formula is C25H27N3O2. The zero-order valence-electron chi connectivity index (χ0n) is 17.8. The first kappa shape index (κ1) is 21.3. The highest BCUT2D eigenvalue weighted by atomic mass is 16.5. The maximum absolute atomic E-state index is 12.6. The number of carbonyl (C=O) groups is 1. The van der Waals surface area contributed by atoms with Crippen molar-refractivity contribution in [3.8, 4) is 17.2 Å². The van der Waals surface area contributed by atoms with Crippen LogP contribution in [-0.2, 0) is 24.6 Å². The Labute approximate surface area is 177 Å². The highest BCUT2D eigenvalue weighted by Gasteiger charge is 2.23. The topological polar surface area (TPSA) is 67.9 Å². The molecule has 1 aromatic heterocycles. The predicted molar refractivity (Wildman–Crippen MR) is 117 cm³/mol. The van der Waals surface area contributed by atoms with Crippen molar-refractivity contribution in [1.29, 1.82) is 5.26 Å². The second kappa shape index (κ2) is 9.89. The molecule has 5 nitrogen and oxygen atoms in total. The quantitative estimate of drug-likeness (QED) is 0.494. The number of nitrogens with zero attached hydrogens (tertiary/aromatic N) is 3. The fourth-order valence-electron chi connectivity index (χ4n) is 3.65. The number of aromatic nitrogens is 2. The van der Waals surface area contributed by atoms with Crippen molar-refractivity contribution >= 4 is 5.97 Å². The molecule has 0 aliphatic carbocycles. The zero-order valence-corrected chi connectivity index (χ0v) is 17.8. The average Bonchev–Trinajstić information content (AvgIpc) is 3.07. The number of aryl methyl sites for hydroxylation is 2. The lowest BCUT2D eigenvalue weighted by Gasteiger charge is -2.09. The summed E-state index contributed by atoms with van der Waals surface area (Å²) in [4.78, 5) is 12.6. The molecule has 0 unspecified atom stereocenters. The summed E-state index contributed by atoms with van der Waals surface area (Å²) < 4.78 is 6.93. The van der Waals surface area contributed by atoms with E-state index >= 15 is 0 Å². The van der Waals surface area contributed by atoms with Gasteiger partial charge in [-0.05, 0) is 42.5 Å². The Kier molecular flexibility index (Phi) is 7.03. The van der Waals surface area contributed by atoms with Crippen LogP contribution in [0.15, 0.2) is 48.5 Å². The first-order chi connectivity index (χ1) is 14.6. The minimum Gasteiger partial charge on any atom is -0.461 e. The Morgan fingerprint density at radius 1 is 1.13 bits per heavy atom. The summed E-state index contributed by atoms with van der Waals surface area (Å²) in [5.41, 5.74) is 6.09. The van der Waals surface area contributed by atoms with Crippen LogP contribution in [0.3, 0.4) is 0 Å². The first-order valence-corrected chi connectivity index (χ1v) is 10.4. The van der Waals surface area contributed by atoms with Crippen molar-refractivity contribution in [2.24, 2.45) is 7.05 Å². The Hall–Kier alpha value is -3.39. The largest absolute Gasteiger partial charge is 0.461 e. The van der Waals surface area contributed by atoms with E-state index in [-0.39, 0.29) is 5.97 Å². The molecule has 0 N–H and O–H groups in total. The zero-order chi connectivity index (χ0) is 21.5. The number of carbonyl (C=O) groups excluding carboxylic acids is 1. The number of nitriles is 1. The van der Waals surface area contributed by atoms with Crippen molar-refractivity contribution < 1.29 is 9.53 Å². The summed E-state index contributed by atoms with van der Waals surface area (Å²) in [7, 11) is 1.80. The number of ether oxygens (including phenoxy) is 1. The van der Waals surface area contributed by atoms with Crippen LogP contribution in [0.2, 0.25) is 0 Å². The van der Waals surface area contributed by atoms with Gasteiger partial charge in [-0.3, -0.25) is 4.68 Å². The predicted octanol–water partition coefficient (Wildman–Crippen LogP) is 5.07. The summed E-state index contributed by atoms with van der Waals surface area (Å²) in [5.74, 6) is -0.329. The standard InChI is InChI=1S/C25H27N3O2/c1-4-6-11-23-22(24(28(3)27-23)25(29)30-5-2)16-18-12-14-19(15-13-18)21-10-8-7-9-20(21)17-26/h7-10,12-15H,4-6,11,16H2,1-3H3. The second-order valence-electron chi connectivity index (χ2n) is 7.25. The van der Waals surface area contributed by atoms with E-state index in [4.69, 9.17) is 4.74 Å². The van der Waals surface area contributed by atoms with E-state index in [2.05, 4.69) is 30.2 Å². The Balaban J connectivity index is 1.93. The number of hydrogen-bond acceptors (Lipinski definition) is 4. The molecule has 0 bridgehead atoms. The molecule has 30 heavy (non-hydrogen) atoms. The van der Waals surface area contributed by atoms with E-state index < -0.39 is 0 Å². The molecule has 0 spiro atoms. The molecule has 0 fully saturated rings. The monoisotopic (exact) mass is 401 g/mol. The van der Waals surface area contributed by atoms with Crippen LogP contribution in [0.5, 0.6) is 0 Å². The lowest BCUT2D eigenvalue weighted by atomic mass is 9.96. The summed E-state index contributed by atoms with van der Waals surface area (Å²) >= 11 is 0. The molecule has 0 saturated heterocycles. The van der Waals surface area contributed by atoms with Crippen molar-refractivity contribution in [3.63, 3.8) is 0 Å².